The lowest BCUT2D eigenvalue weighted by atomic mass is 9.95. The SMILES string of the molecule is CCC1CCCN(C(=O)c2ccccc2NN)C1. The van der Waals surface area contributed by atoms with Crippen molar-refractivity contribution in [2.45, 2.75) is 26.2 Å². The molecule has 1 aromatic carbocycles. The Bertz CT molecular complexity index is 419. The highest BCUT2D eigenvalue weighted by atomic mass is 16.2. The largest absolute Gasteiger partial charge is 0.338 e. The maximum Gasteiger partial charge on any atom is 0.256 e. The number of benzene rings is 1. The van der Waals surface area contributed by atoms with Crippen LogP contribution in [0.2, 0.25) is 0 Å². The van der Waals surface area contributed by atoms with E-state index in [4.69, 9.17) is 5.84 Å². The smallest absolute Gasteiger partial charge is 0.256 e. The van der Waals surface area contributed by atoms with Gasteiger partial charge in [0.2, 0.25) is 0 Å². The van der Waals surface area contributed by atoms with E-state index in [1.54, 1.807) is 0 Å². The number of anilines is 1. The van der Waals surface area contributed by atoms with Crippen LogP contribution in [0.4, 0.5) is 5.69 Å². The van der Waals surface area contributed by atoms with Gasteiger partial charge in [-0.2, -0.15) is 0 Å². The molecule has 4 nitrogen and oxygen atoms in total. The van der Waals surface area contributed by atoms with Crippen molar-refractivity contribution >= 4 is 11.6 Å². The Morgan fingerprint density at radius 1 is 1.50 bits per heavy atom. The minimum atomic E-state index is 0.0849. The van der Waals surface area contributed by atoms with Crippen LogP contribution in [0, 0.1) is 5.92 Å². The molecular weight excluding hydrogens is 226 g/mol. The van der Waals surface area contributed by atoms with E-state index in [-0.39, 0.29) is 5.91 Å². The van der Waals surface area contributed by atoms with Gasteiger partial charge in [0, 0.05) is 13.1 Å². The second-order valence-corrected chi connectivity index (χ2v) is 4.86. The zero-order chi connectivity index (χ0) is 13.0. The standard InChI is InChI=1S/C14H21N3O/c1-2-11-6-5-9-17(10-11)14(18)12-7-3-4-8-13(12)16-15/h3-4,7-8,11,16H,2,5-6,9-10,15H2,1H3. The number of nitrogens with one attached hydrogen (secondary N) is 1. The molecule has 1 saturated heterocycles. The molecule has 4 heteroatoms. The number of hydrogen-bond donors (Lipinski definition) is 2. The Kier molecular flexibility index (Phi) is 4.20. The van der Waals surface area contributed by atoms with Crippen molar-refractivity contribution in [3.63, 3.8) is 0 Å². The fraction of sp³-hybridized carbons (Fsp3) is 0.500. The molecule has 1 aliphatic heterocycles. The molecule has 1 atom stereocenters. The highest BCUT2D eigenvalue weighted by molar-refractivity contribution is 5.99. The van der Waals surface area contributed by atoms with E-state index in [0.717, 1.165) is 25.9 Å². The summed E-state index contributed by atoms with van der Waals surface area (Å²) >= 11 is 0. The van der Waals surface area contributed by atoms with Crippen molar-refractivity contribution in [1.82, 2.24) is 4.90 Å². The van der Waals surface area contributed by atoms with Crippen molar-refractivity contribution in [2.24, 2.45) is 11.8 Å². The molecule has 0 radical (unpaired) electrons. The van der Waals surface area contributed by atoms with Gasteiger partial charge in [-0.25, -0.2) is 0 Å². The van der Waals surface area contributed by atoms with Crippen LogP contribution in [0.5, 0.6) is 0 Å². The second kappa shape index (κ2) is 5.87. The zero-order valence-corrected chi connectivity index (χ0v) is 10.9. The molecule has 2 rings (SSSR count). The summed E-state index contributed by atoms with van der Waals surface area (Å²) in [6.07, 6.45) is 3.47. The highest BCUT2D eigenvalue weighted by Gasteiger charge is 2.24. The van der Waals surface area contributed by atoms with Crippen molar-refractivity contribution in [3.8, 4) is 0 Å². The predicted molar refractivity (Wildman–Crippen MR) is 73.2 cm³/mol. The first-order chi connectivity index (χ1) is 8.76. The Hall–Kier alpha value is -1.55. The molecule has 0 aromatic heterocycles. The number of hydrazine groups is 1. The van der Waals surface area contributed by atoms with Gasteiger partial charge in [-0.1, -0.05) is 25.5 Å². The van der Waals surface area contributed by atoms with Crippen molar-refractivity contribution < 1.29 is 4.79 Å². The summed E-state index contributed by atoms with van der Waals surface area (Å²) < 4.78 is 0. The molecule has 0 spiro atoms. The lowest BCUT2D eigenvalue weighted by Gasteiger charge is -2.32. The molecule has 0 bridgehead atoms. The first kappa shape index (κ1) is 12.9. The average molecular weight is 247 g/mol. The Morgan fingerprint density at radius 3 is 3.00 bits per heavy atom. The third kappa shape index (κ3) is 2.64. The fourth-order valence-electron chi connectivity index (χ4n) is 2.55. The number of amides is 1. The number of carbonyl (C=O) groups excluding carboxylic acids is 1. The molecule has 1 fully saturated rings. The molecule has 1 aliphatic rings. The summed E-state index contributed by atoms with van der Waals surface area (Å²) in [5, 5.41) is 0. The quantitative estimate of drug-likeness (QED) is 0.636. The summed E-state index contributed by atoms with van der Waals surface area (Å²) in [5.74, 6) is 6.18. The third-order valence-electron chi connectivity index (χ3n) is 3.70. The minimum absolute atomic E-state index is 0.0849. The molecule has 1 aromatic rings. The molecule has 1 amide bonds. The van der Waals surface area contributed by atoms with E-state index in [1.807, 2.05) is 29.2 Å². The molecule has 3 N–H and O–H groups in total. The number of para-hydroxylation sites is 1. The van der Waals surface area contributed by atoms with Crippen LogP contribution >= 0.6 is 0 Å². The van der Waals surface area contributed by atoms with Crippen molar-refractivity contribution in [3.05, 3.63) is 29.8 Å². The van der Waals surface area contributed by atoms with Gasteiger partial charge in [0.25, 0.3) is 5.91 Å². The molecule has 0 aliphatic carbocycles. The number of rotatable bonds is 3. The van der Waals surface area contributed by atoms with Crippen molar-refractivity contribution in [1.29, 1.82) is 0 Å². The lowest BCUT2D eigenvalue weighted by Crippen LogP contribution is -2.40. The third-order valence-corrected chi connectivity index (χ3v) is 3.70. The van der Waals surface area contributed by atoms with Crippen LogP contribution in [0.1, 0.15) is 36.5 Å². The molecule has 1 heterocycles. The fourth-order valence-corrected chi connectivity index (χ4v) is 2.55. The van der Waals surface area contributed by atoms with Crippen LogP contribution in [0.25, 0.3) is 0 Å². The summed E-state index contributed by atoms with van der Waals surface area (Å²) in [5.41, 5.74) is 3.95. The maximum absolute atomic E-state index is 12.5. The molecular formula is C14H21N3O. The Morgan fingerprint density at radius 2 is 2.28 bits per heavy atom. The Labute approximate surface area is 108 Å². The number of nitrogens with two attached hydrogens (primary N) is 1. The van der Waals surface area contributed by atoms with Gasteiger partial charge in [0.1, 0.15) is 0 Å². The topological polar surface area (TPSA) is 58.4 Å². The van der Waals surface area contributed by atoms with Gasteiger partial charge in [0.15, 0.2) is 0 Å². The van der Waals surface area contributed by atoms with Crippen LogP contribution in [0.3, 0.4) is 0 Å². The summed E-state index contributed by atoms with van der Waals surface area (Å²) in [6.45, 7) is 3.91. The van der Waals surface area contributed by atoms with E-state index in [9.17, 15) is 4.79 Å². The van der Waals surface area contributed by atoms with Gasteiger partial charge in [-0.3, -0.25) is 10.6 Å². The number of piperidine rings is 1. The predicted octanol–water partition coefficient (Wildman–Crippen LogP) is 2.23. The minimum Gasteiger partial charge on any atom is -0.338 e. The molecule has 1 unspecified atom stereocenters. The first-order valence-corrected chi connectivity index (χ1v) is 6.61. The van der Waals surface area contributed by atoms with Crippen LogP contribution in [-0.2, 0) is 0 Å². The lowest BCUT2D eigenvalue weighted by molar-refractivity contribution is 0.0672. The van der Waals surface area contributed by atoms with Crippen LogP contribution in [0.15, 0.2) is 24.3 Å². The zero-order valence-electron chi connectivity index (χ0n) is 10.9. The first-order valence-electron chi connectivity index (χ1n) is 6.61. The van der Waals surface area contributed by atoms with Gasteiger partial charge in [0.05, 0.1) is 11.3 Å². The van der Waals surface area contributed by atoms with Crippen LogP contribution in [-0.4, -0.2) is 23.9 Å². The summed E-state index contributed by atoms with van der Waals surface area (Å²) in [7, 11) is 0. The van der Waals surface area contributed by atoms with Gasteiger partial charge >= 0.3 is 0 Å². The van der Waals surface area contributed by atoms with Gasteiger partial charge in [-0.15, -0.1) is 0 Å². The number of nitrogens with zero attached hydrogens (tertiary/aromatic N) is 1. The Balaban J connectivity index is 2.15. The summed E-state index contributed by atoms with van der Waals surface area (Å²) in [4.78, 5) is 14.4. The maximum atomic E-state index is 12.5. The van der Waals surface area contributed by atoms with E-state index in [2.05, 4.69) is 12.3 Å². The van der Waals surface area contributed by atoms with E-state index in [0.29, 0.717) is 17.2 Å². The van der Waals surface area contributed by atoms with Gasteiger partial charge < -0.3 is 10.3 Å². The molecule has 0 saturated carbocycles. The summed E-state index contributed by atoms with van der Waals surface area (Å²) in [6, 6.07) is 7.40. The van der Waals surface area contributed by atoms with Crippen molar-refractivity contribution in [2.75, 3.05) is 18.5 Å². The number of hydrogen-bond acceptors (Lipinski definition) is 3. The van der Waals surface area contributed by atoms with E-state index < -0.39 is 0 Å². The van der Waals surface area contributed by atoms with Crippen LogP contribution < -0.4 is 11.3 Å². The van der Waals surface area contributed by atoms with E-state index in [1.165, 1.54) is 6.42 Å². The van der Waals surface area contributed by atoms with E-state index >= 15 is 0 Å². The molecule has 18 heavy (non-hydrogen) atoms. The van der Waals surface area contributed by atoms with Gasteiger partial charge in [-0.05, 0) is 30.9 Å². The molecule has 98 valence electrons. The number of nitrogen functional groups attached to an aromatic ring is 1. The second-order valence-electron chi connectivity index (χ2n) is 4.86. The highest BCUT2D eigenvalue weighted by Crippen LogP contribution is 2.23. The number of carbonyl (C=O) groups is 1. The normalized spacial score (nSPS) is 19.7. The monoisotopic (exact) mass is 247 g/mol. The average Bonchev–Trinajstić information content (AvgIpc) is 2.46. The number of likely N-dealkylation sites (tertiary alicyclic amines) is 1.